The van der Waals surface area contributed by atoms with E-state index in [2.05, 4.69) is 10.4 Å². The molecule has 0 aliphatic heterocycles. The fourth-order valence-corrected chi connectivity index (χ4v) is 1.67. The molecule has 1 heterocycles. The number of rotatable bonds is 7. The van der Waals surface area contributed by atoms with Gasteiger partial charge in [-0.15, -0.1) is 0 Å². The van der Waals surface area contributed by atoms with E-state index in [4.69, 9.17) is 5.11 Å². The molecule has 96 valence electrons. The Kier molecular flexibility index (Phi) is 5.69. The molecule has 5 nitrogen and oxygen atoms in total. The molecule has 0 spiro atoms. The highest BCUT2D eigenvalue weighted by atomic mass is 16.2. The first kappa shape index (κ1) is 13.7. The zero-order chi connectivity index (χ0) is 12.7. The smallest absolute Gasteiger partial charge is 0.241 e. The molecule has 0 bridgehead atoms. The molecule has 5 heteroatoms. The van der Waals surface area contributed by atoms with Crippen molar-refractivity contribution in [3.05, 3.63) is 17.5 Å². The van der Waals surface area contributed by atoms with Crippen LogP contribution >= 0.6 is 0 Å². The molecule has 0 atom stereocenters. The summed E-state index contributed by atoms with van der Waals surface area (Å²) in [6, 6.07) is 1.95. The summed E-state index contributed by atoms with van der Waals surface area (Å²) >= 11 is 0. The van der Waals surface area contributed by atoms with Gasteiger partial charge in [-0.1, -0.05) is 0 Å². The van der Waals surface area contributed by atoms with Crippen LogP contribution in [-0.4, -0.2) is 33.9 Å². The molecule has 0 aliphatic carbocycles. The first-order valence-corrected chi connectivity index (χ1v) is 6.02. The molecule has 0 aliphatic rings. The number of hydrogen-bond donors (Lipinski definition) is 2. The number of carbonyl (C=O) groups excluding carboxylic acids is 1. The Morgan fingerprint density at radius 1 is 1.41 bits per heavy atom. The molecule has 1 aromatic rings. The highest BCUT2D eigenvalue weighted by Gasteiger charge is 2.06. The standard InChI is InChI=1S/C12H21N3O2/c1-10-8-11(2)15(14-10)9-12(17)13-6-4-3-5-7-16/h8,16H,3-7,9H2,1-2H3,(H,13,17). The lowest BCUT2D eigenvalue weighted by molar-refractivity contribution is -0.121. The maximum absolute atomic E-state index is 11.6. The van der Waals surface area contributed by atoms with Crippen molar-refractivity contribution in [3.8, 4) is 0 Å². The predicted octanol–water partition coefficient (Wildman–Crippen LogP) is 0.779. The van der Waals surface area contributed by atoms with Crippen LogP contribution in [0.4, 0.5) is 0 Å². The van der Waals surface area contributed by atoms with Gasteiger partial charge in [0.15, 0.2) is 0 Å². The molecule has 1 rings (SSSR count). The van der Waals surface area contributed by atoms with Crippen molar-refractivity contribution in [2.45, 2.75) is 39.7 Å². The average Bonchev–Trinajstić information content (AvgIpc) is 2.57. The molecule has 0 radical (unpaired) electrons. The van der Waals surface area contributed by atoms with Crippen molar-refractivity contribution >= 4 is 5.91 Å². The maximum Gasteiger partial charge on any atom is 0.241 e. The van der Waals surface area contributed by atoms with Crippen LogP contribution in [-0.2, 0) is 11.3 Å². The maximum atomic E-state index is 11.6. The Labute approximate surface area is 102 Å². The molecule has 17 heavy (non-hydrogen) atoms. The van der Waals surface area contributed by atoms with E-state index in [1.165, 1.54) is 0 Å². The van der Waals surface area contributed by atoms with Gasteiger partial charge in [-0.25, -0.2) is 0 Å². The zero-order valence-corrected chi connectivity index (χ0v) is 10.6. The van der Waals surface area contributed by atoms with Gasteiger partial charge >= 0.3 is 0 Å². The van der Waals surface area contributed by atoms with Crippen molar-refractivity contribution in [2.75, 3.05) is 13.2 Å². The molecule has 0 saturated heterocycles. The van der Waals surface area contributed by atoms with Crippen LogP contribution in [0.2, 0.25) is 0 Å². The second kappa shape index (κ2) is 7.06. The van der Waals surface area contributed by atoms with E-state index >= 15 is 0 Å². The van der Waals surface area contributed by atoms with Gasteiger partial charge in [0.1, 0.15) is 6.54 Å². The minimum atomic E-state index is -0.0137. The monoisotopic (exact) mass is 239 g/mol. The summed E-state index contributed by atoms with van der Waals surface area (Å²) in [4.78, 5) is 11.6. The first-order valence-electron chi connectivity index (χ1n) is 6.02. The van der Waals surface area contributed by atoms with E-state index in [0.717, 1.165) is 30.7 Å². The Balaban J connectivity index is 2.23. The number of nitrogens with zero attached hydrogens (tertiary/aromatic N) is 2. The normalized spacial score (nSPS) is 10.5. The van der Waals surface area contributed by atoms with Gasteiger partial charge in [0.2, 0.25) is 5.91 Å². The van der Waals surface area contributed by atoms with Gasteiger partial charge in [0.05, 0.1) is 5.69 Å². The fraction of sp³-hybridized carbons (Fsp3) is 0.667. The van der Waals surface area contributed by atoms with Crippen LogP contribution in [0.25, 0.3) is 0 Å². The third-order valence-electron chi connectivity index (χ3n) is 2.55. The van der Waals surface area contributed by atoms with Gasteiger partial charge < -0.3 is 10.4 Å². The largest absolute Gasteiger partial charge is 0.396 e. The topological polar surface area (TPSA) is 67.2 Å². The molecule has 0 aromatic carbocycles. The summed E-state index contributed by atoms with van der Waals surface area (Å²) in [5, 5.41) is 15.7. The molecule has 1 aromatic heterocycles. The Bertz CT molecular complexity index is 361. The highest BCUT2D eigenvalue weighted by molar-refractivity contribution is 5.75. The summed E-state index contributed by atoms with van der Waals surface area (Å²) < 4.78 is 1.71. The number of aromatic nitrogens is 2. The van der Waals surface area contributed by atoms with Crippen molar-refractivity contribution in [1.29, 1.82) is 0 Å². The van der Waals surface area contributed by atoms with Crippen LogP contribution in [0.1, 0.15) is 30.7 Å². The van der Waals surface area contributed by atoms with E-state index in [1.54, 1.807) is 4.68 Å². The predicted molar refractivity (Wildman–Crippen MR) is 65.6 cm³/mol. The Morgan fingerprint density at radius 2 is 2.18 bits per heavy atom. The SMILES string of the molecule is Cc1cc(C)n(CC(=O)NCCCCCO)n1. The summed E-state index contributed by atoms with van der Waals surface area (Å²) in [5.41, 5.74) is 1.93. The lowest BCUT2D eigenvalue weighted by Gasteiger charge is -2.06. The van der Waals surface area contributed by atoms with Crippen molar-refractivity contribution in [2.24, 2.45) is 0 Å². The number of aryl methyl sites for hydroxylation is 2. The van der Waals surface area contributed by atoms with E-state index in [1.807, 2.05) is 19.9 Å². The number of amides is 1. The van der Waals surface area contributed by atoms with Crippen LogP contribution in [0.5, 0.6) is 0 Å². The summed E-state index contributed by atoms with van der Waals surface area (Å²) in [6.07, 6.45) is 2.65. The quantitative estimate of drug-likeness (QED) is 0.691. The van der Waals surface area contributed by atoms with Gasteiger partial charge in [0, 0.05) is 18.8 Å². The van der Waals surface area contributed by atoms with E-state index < -0.39 is 0 Å². The molecule has 0 unspecified atom stereocenters. The minimum Gasteiger partial charge on any atom is -0.396 e. The number of unbranched alkanes of at least 4 members (excludes halogenated alkanes) is 2. The van der Waals surface area contributed by atoms with Gasteiger partial charge in [-0.3, -0.25) is 9.48 Å². The molecular weight excluding hydrogens is 218 g/mol. The number of hydrogen-bond acceptors (Lipinski definition) is 3. The van der Waals surface area contributed by atoms with Crippen LogP contribution < -0.4 is 5.32 Å². The van der Waals surface area contributed by atoms with E-state index in [0.29, 0.717) is 6.54 Å². The molecule has 1 amide bonds. The number of nitrogens with one attached hydrogen (secondary N) is 1. The fourth-order valence-electron chi connectivity index (χ4n) is 1.67. The summed E-state index contributed by atoms with van der Waals surface area (Å²) in [5.74, 6) is -0.0137. The van der Waals surface area contributed by atoms with Gasteiger partial charge in [0.25, 0.3) is 0 Å². The first-order chi connectivity index (χ1) is 8.13. The molecular formula is C12H21N3O2. The van der Waals surface area contributed by atoms with Crippen LogP contribution in [0, 0.1) is 13.8 Å². The molecule has 0 fully saturated rings. The number of aliphatic hydroxyl groups is 1. The summed E-state index contributed by atoms with van der Waals surface area (Å²) in [7, 11) is 0. The number of carbonyl (C=O) groups is 1. The van der Waals surface area contributed by atoms with Gasteiger partial charge in [-0.2, -0.15) is 5.10 Å². The zero-order valence-electron chi connectivity index (χ0n) is 10.6. The third-order valence-corrected chi connectivity index (χ3v) is 2.55. The highest BCUT2D eigenvalue weighted by Crippen LogP contribution is 2.01. The number of aliphatic hydroxyl groups excluding tert-OH is 1. The average molecular weight is 239 g/mol. The van der Waals surface area contributed by atoms with Crippen molar-refractivity contribution < 1.29 is 9.90 Å². The van der Waals surface area contributed by atoms with Gasteiger partial charge in [-0.05, 0) is 39.2 Å². The van der Waals surface area contributed by atoms with Crippen molar-refractivity contribution in [3.63, 3.8) is 0 Å². The Hall–Kier alpha value is -1.36. The minimum absolute atomic E-state index is 0.0137. The molecule has 0 saturated carbocycles. The van der Waals surface area contributed by atoms with Crippen LogP contribution in [0.15, 0.2) is 6.07 Å². The van der Waals surface area contributed by atoms with E-state index in [-0.39, 0.29) is 19.1 Å². The second-order valence-electron chi connectivity index (χ2n) is 4.22. The Morgan fingerprint density at radius 3 is 2.76 bits per heavy atom. The summed E-state index contributed by atoms with van der Waals surface area (Å²) in [6.45, 7) is 5.02. The van der Waals surface area contributed by atoms with E-state index in [9.17, 15) is 4.79 Å². The lowest BCUT2D eigenvalue weighted by atomic mass is 10.2. The van der Waals surface area contributed by atoms with Crippen molar-refractivity contribution in [1.82, 2.24) is 15.1 Å². The van der Waals surface area contributed by atoms with Crippen LogP contribution in [0.3, 0.4) is 0 Å². The molecule has 2 N–H and O–H groups in total. The second-order valence-corrected chi connectivity index (χ2v) is 4.22. The lowest BCUT2D eigenvalue weighted by Crippen LogP contribution is -2.29. The third kappa shape index (κ3) is 4.99.